The van der Waals surface area contributed by atoms with Gasteiger partial charge in [0.1, 0.15) is 0 Å². The molecule has 0 amide bonds. The van der Waals surface area contributed by atoms with E-state index >= 15 is 0 Å². The average Bonchev–Trinajstić information content (AvgIpc) is 3.88. The third-order valence-corrected chi connectivity index (χ3v) is 11.9. The molecular formula is C52H35N5. The maximum atomic E-state index is 10.8. The van der Waals surface area contributed by atoms with Gasteiger partial charge in [0, 0.05) is 43.9 Å². The minimum Gasteiger partial charge on any atom is -0.310 e. The van der Waals surface area contributed by atoms with Crippen molar-refractivity contribution in [3.63, 3.8) is 0 Å². The number of fused-ring (bicyclic) bond motifs is 9. The number of para-hydroxylation sites is 3. The molecule has 1 aliphatic rings. The summed E-state index contributed by atoms with van der Waals surface area (Å²) in [5.41, 5.74) is 16.4. The fraction of sp³-hybridized carbons (Fsp3) is 0.0769. The van der Waals surface area contributed by atoms with Crippen molar-refractivity contribution in [2.75, 3.05) is 0 Å². The molecule has 0 unspecified atom stereocenters. The minimum absolute atomic E-state index is 0.563. The topological polar surface area (TPSA) is 62.4 Å². The monoisotopic (exact) mass is 729 g/mol. The third-order valence-electron chi connectivity index (χ3n) is 11.9. The van der Waals surface area contributed by atoms with Crippen LogP contribution in [0.5, 0.6) is 0 Å². The Morgan fingerprint density at radius 1 is 0.509 bits per heavy atom. The van der Waals surface area contributed by atoms with Crippen molar-refractivity contribution in [2.45, 2.75) is 26.7 Å². The second kappa shape index (κ2) is 12.5. The van der Waals surface area contributed by atoms with Crippen LogP contribution in [0.3, 0.4) is 0 Å². The summed E-state index contributed by atoms with van der Waals surface area (Å²) in [7, 11) is 0. The Kier molecular flexibility index (Phi) is 7.17. The van der Waals surface area contributed by atoms with E-state index in [1.54, 1.807) is 0 Å². The lowest BCUT2D eigenvalue weighted by Gasteiger charge is -2.22. The van der Waals surface area contributed by atoms with Crippen molar-refractivity contribution in [2.24, 2.45) is 0 Å². The van der Waals surface area contributed by atoms with Crippen LogP contribution in [0.25, 0.3) is 88.8 Å². The maximum Gasteiger partial charge on any atom is 0.0993 e. The van der Waals surface area contributed by atoms with Gasteiger partial charge in [0.25, 0.3) is 0 Å². The van der Waals surface area contributed by atoms with Crippen molar-refractivity contribution < 1.29 is 0 Å². The first-order valence-corrected chi connectivity index (χ1v) is 19.4. The number of benzene rings is 7. The van der Waals surface area contributed by atoms with Gasteiger partial charge in [0.05, 0.1) is 62.2 Å². The molecule has 3 heterocycles. The van der Waals surface area contributed by atoms with Gasteiger partial charge in [-0.25, -0.2) is 0 Å². The summed E-state index contributed by atoms with van der Waals surface area (Å²) in [6, 6.07) is 54.2. The lowest BCUT2D eigenvalue weighted by atomic mass is 9.93. The number of aryl methyl sites for hydroxylation is 3. The molecule has 5 nitrogen and oxygen atoms in total. The molecule has 11 rings (SSSR count). The normalized spacial score (nSPS) is 12.5. The lowest BCUT2D eigenvalue weighted by Crippen LogP contribution is -2.06. The zero-order valence-corrected chi connectivity index (χ0v) is 31.6. The predicted molar refractivity (Wildman–Crippen MR) is 234 cm³/mol. The van der Waals surface area contributed by atoms with Gasteiger partial charge in [0.2, 0.25) is 0 Å². The van der Waals surface area contributed by atoms with E-state index in [9.17, 15) is 10.5 Å². The van der Waals surface area contributed by atoms with Crippen LogP contribution < -0.4 is 0 Å². The Morgan fingerprint density at radius 3 is 1.74 bits per heavy atom. The highest BCUT2D eigenvalue weighted by atomic mass is 15.0. The smallest absolute Gasteiger partial charge is 0.0993 e. The van der Waals surface area contributed by atoms with Gasteiger partial charge >= 0.3 is 0 Å². The molecule has 268 valence electrons. The Morgan fingerprint density at radius 2 is 1.09 bits per heavy atom. The summed E-state index contributed by atoms with van der Waals surface area (Å²) in [6.07, 6.45) is 6.64. The molecule has 0 spiro atoms. The first-order chi connectivity index (χ1) is 28.0. The van der Waals surface area contributed by atoms with Crippen molar-refractivity contribution in [3.05, 3.63) is 179 Å². The minimum atomic E-state index is 0.563. The molecule has 0 aliphatic heterocycles. The van der Waals surface area contributed by atoms with Crippen LogP contribution in [0.4, 0.5) is 0 Å². The zero-order chi connectivity index (χ0) is 38.4. The van der Waals surface area contributed by atoms with E-state index in [1.807, 2.05) is 24.3 Å². The molecule has 0 saturated carbocycles. The van der Waals surface area contributed by atoms with E-state index in [1.165, 1.54) is 27.7 Å². The highest BCUT2D eigenvalue weighted by molar-refractivity contribution is 6.12. The molecule has 5 heteroatoms. The summed E-state index contributed by atoms with van der Waals surface area (Å²) >= 11 is 0. The Hall–Kier alpha value is -7.60. The number of hydrogen-bond donors (Lipinski definition) is 0. The molecule has 0 saturated heterocycles. The molecule has 1 aliphatic carbocycles. The van der Waals surface area contributed by atoms with Crippen LogP contribution in [-0.4, -0.2) is 13.7 Å². The number of allylic oxidation sites excluding steroid dienone is 1. The molecule has 7 aromatic carbocycles. The lowest BCUT2D eigenvalue weighted by molar-refractivity contribution is 0.968. The second-order valence-electron chi connectivity index (χ2n) is 15.2. The van der Waals surface area contributed by atoms with Crippen LogP contribution >= 0.6 is 0 Å². The Bertz CT molecular complexity index is 3460. The fourth-order valence-corrected chi connectivity index (χ4v) is 9.49. The van der Waals surface area contributed by atoms with E-state index < -0.39 is 0 Å². The molecule has 0 radical (unpaired) electrons. The van der Waals surface area contributed by atoms with Crippen molar-refractivity contribution in [1.29, 1.82) is 10.5 Å². The standard InChI is InChI=1S/C52H35N5/c1-32-19-23-48-42(25-32)40-13-5-9-17-46(40)56(48)50-27-35(31-54)28-51(52(50)37-22-20-34(30-53)26-33(37)2)57-47-18-10-6-14-41(47)43-29-36(21-24-49(43)57)55-44-15-7-3-11-38(44)39-12-4-8-16-45(39)55/h3,5-11,13-29H,4,12H2,1-2H3. The third kappa shape index (κ3) is 4.80. The van der Waals surface area contributed by atoms with Gasteiger partial charge in [0.15, 0.2) is 0 Å². The number of rotatable bonds is 4. The molecule has 0 bridgehead atoms. The predicted octanol–water partition coefficient (Wildman–Crippen LogP) is 12.8. The van der Waals surface area contributed by atoms with Gasteiger partial charge < -0.3 is 13.7 Å². The fourth-order valence-electron chi connectivity index (χ4n) is 9.49. The van der Waals surface area contributed by atoms with Gasteiger partial charge in [-0.3, -0.25) is 0 Å². The number of nitrogens with zero attached hydrogens (tertiary/aromatic N) is 5. The van der Waals surface area contributed by atoms with Gasteiger partial charge in [-0.2, -0.15) is 10.5 Å². The van der Waals surface area contributed by atoms with Crippen LogP contribution in [-0.2, 0) is 6.42 Å². The first kappa shape index (κ1) is 32.8. The average molecular weight is 730 g/mol. The molecule has 0 atom stereocenters. The maximum absolute atomic E-state index is 10.8. The van der Waals surface area contributed by atoms with Crippen LogP contribution in [0, 0.1) is 36.5 Å². The Balaban J connectivity index is 1.27. The van der Waals surface area contributed by atoms with E-state index in [0.29, 0.717) is 11.1 Å². The van der Waals surface area contributed by atoms with E-state index in [0.717, 1.165) is 90.2 Å². The van der Waals surface area contributed by atoms with Crippen LogP contribution in [0.15, 0.2) is 146 Å². The molecule has 0 N–H and O–H groups in total. The Labute approximate surface area is 329 Å². The summed E-state index contributed by atoms with van der Waals surface area (Å²) in [5.74, 6) is 0. The summed E-state index contributed by atoms with van der Waals surface area (Å²) in [4.78, 5) is 0. The highest BCUT2D eigenvalue weighted by Crippen LogP contribution is 2.44. The highest BCUT2D eigenvalue weighted by Gasteiger charge is 2.25. The van der Waals surface area contributed by atoms with Crippen molar-refractivity contribution in [1.82, 2.24) is 13.7 Å². The van der Waals surface area contributed by atoms with E-state index in [-0.39, 0.29) is 0 Å². The molecule has 3 aromatic heterocycles. The van der Waals surface area contributed by atoms with Crippen LogP contribution in [0.2, 0.25) is 0 Å². The number of aromatic nitrogens is 3. The summed E-state index contributed by atoms with van der Waals surface area (Å²) in [6.45, 7) is 4.20. The zero-order valence-electron chi connectivity index (χ0n) is 31.6. The van der Waals surface area contributed by atoms with Gasteiger partial charge in [-0.05, 0) is 122 Å². The number of hydrogen-bond acceptors (Lipinski definition) is 2. The number of nitriles is 2. The van der Waals surface area contributed by atoms with Crippen molar-refractivity contribution in [3.8, 4) is 40.3 Å². The van der Waals surface area contributed by atoms with Gasteiger partial charge in [-0.15, -0.1) is 0 Å². The van der Waals surface area contributed by atoms with E-state index in [2.05, 4.69) is 167 Å². The van der Waals surface area contributed by atoms with Crippen molar-refractivity contribution >= 4 is 60.6 Å². The van der Waals surface area contributed by atoms with E-state index in [4.69, 9.17) is 0 Å². The van der Waals surface area contributed by atoms with Crippen LogP contribution in [0.1, 0.15) is 39.9 Å². The summed E-state index contributed by atoms with van der Waals surface area (Å²) < 4.78 is 7.07. The second-order valence-corrected chi connectivity index (χ2v) is 15.2. The largest absolute Gasteiger partial charge is 0.310 e. The quantitative estimate of drug-likeness (QED) is 0.181. The SMILES string of the molecule is Cc1ccc2c(c1)c1ccccc1n2-c1cc(C#N)cc(-n2c3ccccc3c3cc(-n4c5c(c6ccccc64)CCC=C5)ccc32)c1-c1ccc(C#N)cc1C. The summed E-state index contributed by atoms with van der Waals surface area (Å²) in [5, 5.41) is 26.6. The van der Waals surface area contributed by atoms with Gasteiger partial charge in [-0.1, -0.05) is 78.4 Å². The molecule has 10 aromatic rings. The molecular weight excluding hydrogens is 695 g/mol. The first-order valence-electron chi connectivity index (χ1n) is 19.4. The molecule has 57 heavy (non-hydrogen) atoms. The molecule has 0 fully saturated rings.